The van der Waals surface area contributed by atoms with Crippen molar-refractivity contribution in [1.82, 2.24) is 10.3 Å². The first-order valence-corrected chi connectivity index (χ1v) is 6.35. The summed E-state index contributed by atoms with van der Waals surface area (Å²) in [4.78, 5) is 8.74. The second kappa shape index (κ2) is 6.43. The van der Waals surface area contributed by atoms with Gasteiger partial charge in [-0.25, -0.2) is 4.98 Å². The molecule has 106 valence electrons. The van der Waals surface area contributed by atoms with Gasteiger partial charge in [0.2, 0.25) is 0 Å². The smallest absolute Gasteiger partial charge is 0.191 e. The Hall–Kier alpha value is -2.01. The molecule has 1 aromatic carbocycles. The van der Waals surface area contributed by atoms with Crippen LogP contribution in [0.15, 0.2) is 39.9 Å². The fourth-order valence-corrected chi connectivity index (χ4v) is 2.09. The van der Waals surface area contributed by atoms with E-state index in [9.17, 15) is 0 Å². The molecule has 1 aliphatic rings. The summed E-state index contributed by atoms with van der Waals surface area (Å²) < 4.78 is 5.28. The lowest BCUT2D eigenvalue weighted by Crippen LogP contribution is -2.26. The molecule has 0 radical (unpaired) electrons. The Bertz CT molecular complexity index is 609. The van der Waals surface area contributed by atoms with E-state index in [0.29, 0.717) is 12.4 Å². The van der Waals surface area contributed by atoms with Gasteiger partial charge in [-0.3, -0.25) is 4.99 Å². The number of aryl methyl sites for hydroxylation is 1. The van der Waals surface area contributed by atoms with Gasteiger partial charge in [0.05, 0.1) is 13.1 Å². The molecule has 2 N–H and O–H groups in total. The summed E-state index contributed by atoms with van der Waals surface area (Å²) in [5.41, 5.74) is 2.92. The number of benzene rings is 1. The van der Waals surface area contributed by atoms with Gasteiger partial charge in [-0.05, 0) is 6.07 Å². The van der Waals surface area contributed by atoms with Crippen LogP contribution < -0.4 is 10.6 Å². The summed E-state index contributed by atoms with van der Waals surface area (Å²) in [6, 6.07) is 8.07. The molecule has 20 heavy (non-hydrogen) atoms. The lowest BCUT2D eigenvalue weighted by atomic mass is 10.1. The molecule has 3 rings (SSSR count). The number of oxazole rings is 1. The van der Waals surface area contributed by atoms with Gasteiger partial charge in [-0.2, -0.15) is 0 Å². The average Bonchev–Trinajstić information content (AvgIpc) is 3.08. The molecular weight excluding hydrogens is 276 g/mol. The maximum Gasteiger partial charge on any atom is 0.191 e. The van der Waals surface area contributed by atoms with Crippen LogP contribution in [0.2, 0.25) is 0 Å². The SMILES string of the molecule is Cc1nc(-c2ccccc2NCC2=NCCN2)co1.Cl. The standard InChI is InChI=1S/C14H16N4O.ClH/c1-10-18-13(9-19-10)11-4-2-3-5-12(11)17-8-14-15-6-7-16-14;/h2-5,9,17H,6-8H2,1H3,(H,15,16);1H. The molecule has 0 amide bonds. The fourth-order valence-electron chi connectivity index (χ4n) is 2.09. The summed E-state index contributed by atoms with van der Waals surface area (Å²) in [5, 5.41) is 6.63. The Labute approximate surface area is 123 Å². The van der Waals surface area contributed by atoms with Crippen molar-refractivity contribution in [3.63, 3.8) is 0 Å². The van der Waals surface area contributed by atoms with Crippen LogP contribution in [0.25, 0.3) is 11.3 Å². The molecule has 0 fully saturated rings. The highest BCUT2D eigenvalue weighted by Gasteiger charge is 2.10. The summed E-state index contributed by atoms with van der Waals surface area (Å²) in [6.45, 7) is 4.34. The molecule has 1 aromatic heterocycles. The van der Waals surface area contributed by atoms with E-state index in [1.54, 1.807) is 6.26 Å². The Kier molecular flexibility index (Phi) is 4.63. The zero-order valence-electron chi connectivity index (χ0n) is 11.2. The second-order valence-electron chi connectivity index (χ2n) is 4.41. The van der Waals surface area contributed by atoms with Crippen molar-refractivity contribution in [3.8, 4) is 11.3 Å². The number of hydrogen-bond acceptors (Lipinski definition) is 5. The number of nitrogens with one attached hydrogen (secondary N) is 2. The number of halogens is 1. The third-order valence-electron chi connectivity index (χ3n) is 3.01. The Morgan fingerprint density at radius 2 is 2.20 bits per heavy atom. The molecule has 0 aliphatic carbocycles. The quantitative estimate of drug-likeness (QED) is 0.909. The summed E-state index contributed by atoms with van der Waals surface area (Å²) in [6.07, 6.45) is 1.68. The van der Waals surface area contributed by atoms with Crippen molar-refractivity contribution >= 4 is 23.9 Å². The van der Waals surface area contributed by atoms with Crippen LogP contribution in [-0.2, 0) is 0 Å². The van der Waals surface area contributed by atoms with Gasteiger partial charge in [0, 0.05) is 24.7 Å². The second-order valence-corrected chi connectivity index (χ2v) is 4.41. The van der Waals surface area contributed by atoms with Crippen LogP contribution in [0.1, 0.15) is 5.89 Å². The number of hydrogen-bond donors (Lipinski definition) is 2. The van der Waals surface area contributed by atoms with Crippen LogP contribution in [0.3, 0.4) is 0 Å². The van der Waals surface area contributed by atoms with E-state index in [1.807, 2.05) is 31.2 Å². The van der Waals surface area contributed by atoms with Gasteiger partial charge in [-0.15, -0.1) is 12.4 Å². The number of aromatic nitrogens is 1. The van der Waals surface area contributed by atoms with E-state index in [-0.39, 0.29) is 12.4 Å². The highest BCUT2D eigenvalue weighted by atomic mass is 35.5. The number of rotatable bonds is 4. The van der Waals surface area contributed by atoms with Crippen molar-refractivity contribution in [2.24, 2.45) is 4.99 Å². The third kappa shape index (κ3) is 3.11. The molecule has 6 heteroatoms. The molecule has 2 aromatic rings. The highest BCUT2D eigenvalue weighted by Crippen LogP contribution is 2.26. The molecule has 0 saturated carbocycles. The molecule has 0 saturated heterocycles. The molecule has 1 aliphatic heterocycles. The topological polar surface area (TPSA) is 62.5 Å². The minimum Gasteiger partial charge on any atom is -0.449 e. The van der Waals surface area contributed by atoms with E-state index in [4.69, 9.17) is 4.42 Å². The van der Waals surface area contributed by atoms with Gasteiger partial charge in [0.1, 0.15) is 17.8 Å². The monoisotopic (exact) mass is 292 g/mol. The first-order chi connectivity index (χ1) is 9.33. The van der Waals surface area contributed by atoms with E-state index < -0.39 is 0 Å². The molecule has 5 nitrogen and oxygen atoms in total. The van der Waals surface area contributed by atoms with Gasteiger partial charge >= 0.3 is 0 Å². The zero-order chi connectivity index (χ0) is 13.1. The summed E-state index contributed by atoms with van der Waals surface area (Å²) in [7, 11) is 0. The predicted molar refractivity (Wildman–Crippen MR) is 82.7 cm³/mol. The third-order valence-corrected chi connectivity index (χ3v) is 3.01. The van der Waals surface area contributed by atoms with Crippen LogP contribution in [-0.4, -0.2) is 30.5 Å². The minimum absolute atomic E-state index is 0. The van der Waals surface area contributed by atoms with E-state index in [2.05, 4.69) is 20.6 Å². The van der Waals surface area contributed by atoms with E-state index >= 15 is 0 Å². The normalized spacial score (nSPS) is 13.3. The summed E-state index contributed by atoms with van der Waals surface area (Å²) in [5.74, 6) is 1.68. The first kappa shape index (κ1) is 14.4. The highest BCUT2D eigenvalue weighted by molar-refractivity contribution is 5.88. The Morgan fingerprint density at radius 3 is 2.90 bits per heavy atom. The molecular formula is C14H17ClN4O. The van der Waals surface area contributed by atoms with E-state index in [1.165, 1.54) is 0 Å². The minimum atomic E-state index is 0. The van der Waals surface area contributed by atoms with Gasteiger partial charge in [0.25, 0.3) is 0 Å². The van der Waals surface area contributed by atoms with Gasteiger partial charge in [-0.1, -0.05) is 18.2 Å². The van der Waals surface area contributed by atoms with Crippen molar-refractivity contribution < 1.29 is 4.42 Å². The number of anilines is 1. The number of para-hydroxylation sites is 1. The Balaban J connectivity index is 0.00000147. The lowest BCUT2D eigenvalue weighted by molar-refractivity contribution is 0.521. The number of amidine groups is 1. The predicted octanol–water partition coefficient (Wildman–Crippen LogP) is 2.49. The van der Waals surface area contributed by atoms with Crippen molar-refractivity contribution in [2.75, 3.05) is 25.0 Å². The van der Waals surface area contributed by atoms with Crippen LogP contribution in [0.4, 0.5) is 5.69 Å². The van der Waals surface area contributed by atoms with Crippen LogP contribution in [0.5, 0.6) is 0 Å². The van der Waals surface area contributed by atoms with Crippen molar-refractivity contribution in [3.05, 3.63) is 36.4 Å². The number of aliphatic imine (C=N–C) groups is 1. The first-order valence-electron chi connectivity index (χ1n) is 6.35. The lowest BCUT2D eigenvalue weighted by Gasteiger charge is -2.10. The molecule has 0 unspecified atom stereocenters. The maximum absolute atomic E-state index is 5.28. The fraction of sp³-hybridized carbons (Fsp3) is 0.286. The molecule has 0 atom stereocenters. The Morgan fingerprint density at radius 1 is 1.35 bits per heavy atom. The molecule has 2 heterocycles. The van der Waals surface area contributed by atoms with Gasteiger partial charge < -0.3 is 15.1 Å². The average molecular weight is 293 g/mol. The maximum atomic E-state index is 5.28. The van der Waals surface area contributed by atoms with Crippen molar-refractivity contribution in [2.45, 2.75) is 6.92 Å². The van der Waals surface area contributed by atoms with Crippen LogP contribution >= 0.6 is 12.4 Å². The van der Waals surface area contributed by atoms with Gasteiger partial charge in [0.15, 0.2) is 5.89 Å². The van der Waals surface area contributed by atoms with E-state index in [0.717, 1.165) is 35.9 Å². The van der Waals surface area contributed by atoms with Crippen molar-refractivity contribution in [1.29, 1.82) is 0 Å². The summed E-state index contributed by atoms with van der Waals surface area (Å²) >= 11 is 0. The number of nitrogens with zero attached hydrogens (tertiary/aromatic N) is 2. The zero-order valence-corrected chi connectivity index (χ0v) is 12.0. The largest absolute Gasteiger partial charge is 0.449 e. The molecule has 0 bridgehead atoms. The molecule has 0 spiro atoms. The van der Waals surface area contributed by atoms with Crippen LogP contribution in [0, 0.1) is 6.92 Å².